The van der Waals surface area contributed by atoms with Crippen LogP contribution in [-0.2, 0) is 4.79 Å². The summed E-state index contributed by atoms with van der Waals surface area (Å²) in [6, 6.07) is 22.8. The molecule has 1 aliphatic heterocycles. The molecular weight excluding hydrogens is 386 g/mol. The third-order valence-electron chi connectivity index (χ3n) is 6.60. The van der Waals surface area contributed by atoms with Gasteiger partial charge in [0, 0.05) is 17.4 Å². The molecule has 0 saturated heterocycles. The quantitative estimate of drug-likeness (QED) is 0.647. The Morgan fingerprint density at radius 3 is 2.35 bits per heavy atom. The zero-order valence-electron chi connectivity index (χ0n) is 17.3. The lowest BCUT2D eigenvalue weighted by atomic mass is 9.65. The Balaban J connectivity index is 1.68. The van der Waals surface area contributed by atoms with Crippen molar-refractivity contribution in [3.05, 3.63) is 90.1 Å². The van der Waals surface area contributed by atoms with Gasteiger partial charge in [-0.3, -0.25) is 9.59 Å². The SMILES string of the molecule is O=C(Nc1ccccn1)[C@@H]1c2ccccc2C(=O)N(c2ccccc2)C12CCCCC2. The molecule has 1 spiro atoms. The van der Waals surface area contributed by atoms with Crippen LogP contribution in [-0.4, -0.2) is 22.3 Å². The number of carbonyl (C=O) groups excluding carboxylic acids is 2. The second kappa shape index (κ2) is 7.99. The standard InChI is InChI=1S/C26H25N3O2/c30-24(28-22-15-7-10-18-27-22)23-20-13-5-6-14-21(20)25(31)29(19-11-3-1-4-12-19)26(23)16-8-2-9-17-26/h1,3-7,10-15,18,23H,2,8-9,16-17H2,(H,27,28,30)/t23-/m0/s1. The maximum Gasteiger partial charge on any atom is 0.259 e. The van der Waals surface area contributed by atoms with Crippen LogP contribution < -0.4 is 10.2 Å². The number of fused-ring (bicyclic) bond motifs is 1. The van der Waals surface area contributed by atoms with E-state index in [4.69, 9.17) is 0 Å². The molecule has 5 nitrogen and oxygen atoms in total. The molecule has 1 N–H and O–H groups in total. The van der Waals surface area contributed by atoms with Gasteiger partial charge in [0.2, 0.25) is 5.91 Å². The first kappa shape index (κ1) is 19.5. The van der Waals surface area contributed by atoms with Crippen molar-refractivity contribution >= 4 is 23.3 Å². The lowest BCUT2D eigenvalue weighted by Crippen LogP contribution is -2.62. The van der Waals surface area contributed by atoms with Crippen molar-refractivity contribution in [1.82, 2.24) is 4.98 Å². The average molecular weight is 412 g/mol. The lowest BCUT2D eigenvalue weighted by Gasteiger charge is -2.53. The number of nitrogens with one attached hydrogen (secondary N) is 1. The third kappa shape index (κ3) is 3.30. The van der Waals surface area contributed by atoms with Crippen molar-refractivity contribution in [2.75, 3.05) is 10.2 Å². The predicted molar refractivity (Wildman–Crippen MR) is 121 cm³/mol. The molecule has 31 heavy (non-hydrogen) atoms. The van der Waals surface area contributed by atoms with E-state index in [1.807, 2.05) is 71.6 Å². The highest BCUT2D eigenvalue weighted by molar-refractivity contribution is 6.13. The summed E-state index contributed by atoms with van der Waals surface area (Å²) in [5.74, 6) is -0.0740. The van der Waals surface area contributed by atoms with Crippen LogP contribution in [0.25, 0.3) is 0 Å². The molecule has 5 rings (SSSR count). The maximum atomic E-state index is 13.8. The Morgan fingerprint density at radius 2 is 1.61 bits per heavy atom. The molecule has 2 aliphatic rings. The topological polar surface area (TPSA) is 62.3 Å². The van der Waals surface area contributed by atoms with Crippen LogP contribution in [0.5, 0.6) is 0 Å². The van der Waals surface area contributed by atoms with Gasteiger partial charge in [-0.05, 0) is 48.7 Å². The van der Waals surface area contributed by atoms with E-state index < -0.39 is 11.5 Å². The molecule has 3 aromatic rings. The number of pyridine rings is 1. The van der Waals surface area contributed by atoms with Crippen molar-refractivity contribution in [1.29, 1.82) is 0 Å². The number of hydrogen-bond acceptors (Lipinski definition) is 3. The number of nitrogens with zero attached hydrogens (tertiary/aromatic N) is 2. The summed E-state index contributed by atoms with van der Waals surface area (Å²) in [5, 5.41) is 3.02. The number of anilines is 2. The van der Waals surface area contributed by atoms with Crippen molar-refractivity contribution in [2.45, 2.75) is 43.6 Å². The van der Waals surface area contributed by atoms with E-state index >= 15 is 0 Å². The van der Waals surface area contributed by atoms with E-state index in [9.17, 15) is 9.59 Å². The normalized spacial score (nSPS) is 19.7. The van der Waals surface area contributed by atoms with Crippen molar-refractivity contribution in [3.8, 4) is 0 Å². The summed E-state index contributed by atoms with van der Waals surface area (Å²) in [7, 11) is 0. The van der Waals surface area contributed by atoms with Gasteiger partial charge in [-0.25, -0.2) is 4.98 Å². The van der Waals surface area contributed by atoms with E-state index in [-0.39, 0.29) is 11.8 Å². The molecule has 1 saturated carbocycles. The second-order valence-electron chi connectivity index (χ2n) is 8.36. The van der Waals surface area contributed by atoms with Gasteiger partial charge in [0.1, 0.15) is 5.82 Å². The lowest BCUT2D eigenvalue weighted by molar-refractivity contribution is -0.119. The summed E-state index contributed by atoms with van der Waals surface area (Å²) in [6.07, 6.45) is 6.36. The summed E-state index contributed by atoms with van der Waals surface area (Å²) < 4.78 is 0. The molecule has 5 heteroatoms. The fourth-order valence-electron chi connectivity index (χ4n) is 5.33. The Morgan fingerprint density at radius 1 is 0.903 bits per heavy atom. The zero-order valence-corrected chi connectivity index (χ0v) is 17.3. The number of benzene rings is 2. The largest absolute Gasteiger partial charge is 0.310 e. The van der Waals surface area contributed by atoms with E-state index in [1.54, 1.807) is 12.3 Å². The molecule has 0 unspecified atom stereocenters. The van der Waals surface area contributed by atoms with Gasteiger partial charge in [0.05, 0.1) is 11.5 Å². The van der Waals surface area contributed by atoms with E-state index in [2.05, 4.69) is 10.3 Å². The zero-order chi connectivity index (χ0) is 21.3. The highest BCUT2D eigenvalue weighted by Gasteiger charge is 2.55. The molecule has 1 atom stereocenters. The van der Waals surface area contributed by atoms with Gasteiger partial charge >= 0.3 is 0 Å². The third-order valence-corrected chi connectivity index (χ3v) is 6.60. The van der Waals surface area contributed by atoms with Gasteiger partial charge in [0.15, 0.2) is 0 Å². The minimum absolute atomic E-state index is 0.0226. The minimum Gasteiger partial charge on any atom is -0.310 e. The van der Waals surface area contributed by atoms with Crippen LogP contribution in [0.15, 0.2) is 79.0 Å². The predicted octanol–water partition coefficient (Wildman–Crippen LogP) is 5.17. The summed E-state index contributed by atoms with van der Waals surface area (Å²) in [5.41, 5.74) is 1.67. The second-order valence-corrected chi connectivity index (χ2v) is 8.36. The van der Waals surface area contributed by atoms with E-state index in [0.29, 0.717) is 11.4 Å². The monoisotopic (exact) mass is 411 g/mol. The van der Waals surface area contributed by atoms with Gasteiger partial charge in [-0.2, -0.15) is 0 Å². The van der Waals surface area contributed by atoms with Crippen molar-refractivity contribution in [3.63, 3.8) is 0 Å². The Kier molecular flexibility index (Phi) is 5.02. The van der Waals surface area contributed by atoms with Crippen LogP contribution in [0.3, 0.4) is 0 Å². The molecule has 1 fully saturated rings. The molecule has 2 amide bonds. The Labute approximate surface area is 182 Å². The van der Waals surface area contributed by atoms with Crippen LogP contribution >= 0.6 is 0 Å². The highest BCUT2D eigenvalue weighted by Crippen LogP contribution is 2.51. The molecule has 0 radical (unpaired) electrons. The summed E-state index contributed by atoms with van der Waals surface area (Å²) in [4.78, 5) is 33.8. The van der Waals surface area contributed by atoms with Crippen molar-refractivity contribution in [2.24, 2.45) is 0 Å². The first-order valence-corrected chi connectivity index (χ1v) is 10.9. The Bertz CT molecular complexity index is 1090. The number of rotatable bonds is 3. The molecule has 1 aliphatic carbocycles. The number of hydrogen-bond donors (Lipinski definition) is 1. The molecular formula is C26H25N3O2. The average Bonchev–Trinajstić information content (AvgIpc) is 2.81. The van der Waals surface area contributed by atoms with E-state index in [0.717, 1.165) is 43.4 Å². The molecule has 0 bridgehead atoms. The fourth-order valence-corrected chi connectivity index (χ4v) is 5.33. The van der Waals surface area contributed by atoms with Crippen LogP contribution in [0.4, 0.5) is 11.5 Å². The summed E-state index contributed by atoms with van der Waals surface area (Å²) in [6.45, 7) is 0. The van der Waals surface area contributed by atoms with Crippen LogP contribution in [0, 0.1) is 0 Å². The van der Waals surface area contributed by atoms with E-state index in [1.165, 1.54) is 0 Å². The number of para-hydroxylation sites is 1. The summed E-state index contributed by atoms with van der Waals surface area (Å²) >= 11 is 0. The molecule has 1 aromatic heterocycles. The first-order chi connectivity index (χ1) is 15.2. The number of amides is 2. The number of carbonyl (C=O) groups is 2. The minimum atomic E-state index is -0.593. The first-order valence-electron chi connectivity index (χ1n) is 10.9. The smallest absolute Gasteiger partial charge is 0.259 e. The van der Waals surface area contributed by atoms with Crippen LogP contribution in [0.2, 0.25) is 0 Å². The van der Waals surface area contributed by atoms with Gasteiger partial charge in [0.25, 0.3) is 5.91 Å². The fraction of sp³-hybridized carbons (Fsp3) is 0.269. The van der Waals surface area contributed by atoms with Gasteiger partial charge in [-0.15, -0.1) is 0 Å². The molecule has 2 heterocycles. The van der Waals surface area contributed by atoms with Crippen molar-refractivity contribution < 1.29 is 9.59 Å². The maximum absolute atomic E-state index is 13.8. The molecule has 2 aromatic carbocycles. The number of aromatic nitrogens is 1. The van der Waals surface area contributed by atoms with Crippen LogP contribution in [0.1, 0.15) is 53.9 Å². The van der Waals surface area contributed by atoms with Gasteiger partial charge in [-0.1, -0.05) is 61.7 Å². The van der Waals surface area contributed by atoms with Gasteiger partial charge < -0.3 is 10.2 Å². The Hall–Kier alpha value is -3.47. The highest BCUT2D eigenvalue weighted by atomic mass is 16.2. The molecule has 156 valence electrons.